The van der Waals surface area contributed by atoms with E-state index in [0.717, 1.165) is 31.5 Å². The highest BCUT2D eigenvalue weighted by atomic mass is 35.5. The summed E-state index contributed by atoms with van der Waals surface area (Å²) in [4.78, 5) is 11.9. The molecule has 29 heavy (non-hydrogen) atoms. The Bertz CT molecular complexity index is 876. The zero-order valence-electron chi connectivity index (χ0n) is 16.3. The summed E-state index contributed by atoms with van der Waals surface area (Å²) in [5.41, 5.74) is 6.58. The van der Waals surface area contributed by atoms with E-state index in [1.807, 2.05) is 0 Å². The minimum Gasteiger partial charge on any atom is -0.383 e. The van der Waals surface area contributed by atoms with Crippen molar-refractivity contribution in [2.75, 3.05) is 25.6 Å². The number of aromatic nitrogens is 2. The van der Waals surface area contributed by atoms with E-state index in [4.69, 9.17) is 22.1 Å². The van der Waals surface area contributed by atoms with E-state index in [0.29, 0.717) is 17.4 Å². The van der Waals surface area contributed by atoms with E-state index in [-0.39, 0.29) is 23.6 Å². The van der Waals surface area contributed by atoms with Crippen LogP contribution in [0.1, 0.15) is 35.7 Å². The average Bonchev–Trinajstić information content (AvgIpc) is 3.13. The van der Waals surface area contributed by atoms with Crippen LogP contribution >= 0.6 is 11.6 Å². The maximum Gasteiger partial charge on any atom is 0.254 e. The van der Waals surface area contributed by atoms with Crippen LogP contribution in [0.3, 0.4) is 0 Å². The number of nitrogens with one attached hydrogen (secondary N) is 2. The van der Waals surface area contributed by atoms with Gasteiger partial charge in [-0.3, -0.25) is 9.48 Å². The lowest BCUT2D eigenvalue weighted by atomic mass is 9.82. The van der Waals surface area contributed by atoms with Gasteiger partial charge < -0.3 is 21.1 Å². The zero-order valence-corrected chi connectivity index (χ0v) is 17.0. The predicted octanol–water partition coefficient (Wildman–Crippen LogP) is 2.85. The maximum atomic E-state index is 11.9. The molecule has 1 aromatic carbocycles. The molecule has 1 saturated carbocycles. The van der Waals surface area contributed by atoms with Gasteiger partial charge in [0.05, 0.1) is 24.6 Å². The minimum atomic E-state index is -0.573. The van der Waals surface area contributed by atoms with Gasteiger partial charge in [0.15, 0.2) is 5.82 Å². The van der Waals surface area contributed by atoms with Crippen LogP contribution in [0.2, 0.25) is 5.02 Å². The van der Waals surface area contributed by atoms with Gasteiger partial charge >= 0.3 is 0 Å². The van der Waals surface area contributed by atoms with E-state index in [1.54, 1.807) is 42.3 Å². The number of hydrogen-bond acceptors (Lipinski definition) is 6. The molecule has 1 aliphatic carbocycles. The fraction of sp³-hybridized carbons (Fsp3) is 0.450. The fourth-order valence-corrected chi connectivity index (χ4v) is 3.79. The number of anilines is 2. The summed E-state index contributed by atoms with van der Waals surface area (Å²) in [5, 5.41) is 21.4. The number of nitrogens with zero attached hydrogens (tertiary/aromatic N) is 3. The molecule has 1 aliphatic rings. The van der Waals surface area contributed by atoms with E-state index < -0.39 is 5.91 Å². The molecule has 1 unspecified atom stereocenters. The average molecular weight is 417 g/mol. The SMILES string of the molecule is COCCN[C@H]1CCC(n2cc(C(N)=O)c(Nc3ccc(Cl)cc3)n2)[C@@H](C#N)C1. The van der Waals surface area contributed by atoms with E-state index in [2.05, 4.69) is 21.8 Å². The Kier molecular flexibility index (Phi) is 7.09. The van der Waals surface area contributed by atoms with Crippen molar-refractivity contribution in [3.63, 3.8) is 0 Å². The van der Waals surface area contributed by atoms with Crippen molar-refractivity contribution < 1.29 is 9.53 Å². The monoisotopic (exact) mass is 416 g/mol. The number of carbonyl (C=O) groups excluding carboxylic acids is 1. The summed E-state index contributed by atoms with van der Waals surface area (Å²) >= 11 is 5.92. The number of nitriles is 1. The van der Waals surface area contributed by atoms with E-state index in [1.165, 1.54) is 0 Å². The summed E-state index contributed by atoms with van der Waals surface area (Å²) in [6.07, 6.45) is 4.05. The molecular formula is C20H25ClN6O2. The summed E-state index contributed by atoms with van der Waals surface area (Å²) in [7, 11) is 1.67. The van der Waals surface area contributed by atoms with E-state index >= 15 is 0 Å². The van der Waals surface area contributed by atoms with Gasteiger partial charge in [0.2, 0.25) is 0 Å². The van der Waals surface area contributed by atoms with Crippen LogP contribution in [0, 0.1) is 17.2 Å². The predicted molar refractivity (Wildman–Crippen MR) is 111 cm³/mol. The molecule has 1 fully saturated rings. The van der Waals surface area contributed by atoms with Crippen molar-refractivity contribution >= 4 is 29.0 Å². The van der Waals surface area contributed by atoms with Crippen LogP contribution in [0.25, 0.3) is 0 Å². The van der Waals surface area contributed by atoms with Crippen molar-refractivity contribution in [2.24, 2.45) is 11.7 Å². The maximum absolute atomic E-state index is 11.9. The van der Waals surface area contributed by atoms with Crippen LogP contribution in [0.4, 0.5) is 11.5 Å². The first-order valence-electron chi connectivity index (χ1n) is 9.55. The Hall–Kier alpha value is -2.60. The van der Waals surface area contributed by atoms with Crippen LogP contribution in [0.5, 0.6) is 0 Å². The second kappa shape index (κ2) is 9.74. The van der Waals surface area contributed by atoms with Gasteiger partial charge in [-0.2, -0.15) is 10.4 Å². The summed E-state index contributed by atoms with van der Waals surface area (Å²) in [5.74, 6) is -0.416. The second-order valence-electron chi connectivity index (χ2n) is 7.13. The molecule has 8 nitrogen and oxygen atoms in total. The third kappa shape index (κ3) is 5.26. The Labute approximate surface area is 175 Å². The van der Waals surface area contributed by atoms with Crippen molar-refractivity contribution in [3.05, 3.63) is 41.0 Å². The number of benzene rings is 1. The lowest BCUT2D eigenvalue weighted by Crippen LogP contribution is -2.39. The smallest absolute Gasteiger partial charge is 0.254 e. The van der Waals surface area contributed by atoms with Gasteiger partial charge in [-0.25, -0.2) is 0 Å². The summed E-state index contributed by atoms with van der Waals surface area (Å²) in [6, 6.07) is 9.63. The second-order valence-corrected chi connectivity index (χ2v) is 7.56. The van der Waals surface area contributed by atoms with Gasteiger partial charge in [-0.05, 0) is 43.5 Å². The highest BCUT2D eigenvalue weighted by molar-refractivity contribution is 6.30. The molecule has 1 amide bonds. The number of rotatable bonds is 8. The zero-order chi connectivity index (χ0) is 20.8. The van der Waals surface area contributed by atoms with Gasteiger partial charge in [-0.1, -0.05) is 11.6 Å². The van der Waals surface area contributed by atoms with Gasteiger partial charge in [0.1, 0.15) is 5.56 Å². The number of carbonyl (C=O) groups is 1. The molecular weight excluding hydrogens is 392 g/mol. The quantitative estimate of drug-likeness (QED) is 0.569. The standard InChI is InChI=1S/C20H25ClN6O2/c1-29-9-8-24-16-6-7-18(13(10-16)11-22)27-12-17(19(23)28)20(26-27)25-15-4-2-14(21)3-5-15/h2-5,12-13,16,18,24H,6-10H2,1H3,(H2,23,28)(H,25,26)/t13-,16+,18?/m1/s1. The van der Waals surface area contributed by atoms with Crippen LogP contribution in [-0.4, -0.2) is 42.0 Å². The number of nitrogens with two attached hydrogens (primary N) is 1. The summed E-state index contributed by atoms with van der Waals surface area (Å²) < 4.78 is 6.78. The van der Waals surface area contributed by atoms with Crippen LogP contribution in [-0.2, 0) is 4.74 Å². The Morgan fingerprint density at radius 3 is 2.83 bits per heavy atom. The summed E-state index contributed by atoms with van der Waals surface area (Å²) in [6.45, 7) is 1.39. The Morgan fingerprint density at radius 1 is 1.41 bits per heavy atom. The highest BCUT2D eigenvalue weighted by Gasteiger charge is 2.33. The molecule has 4 N–H and O–H groups in total. The lowest BCUT2D eigenvalue weighted by molar-refractivity contribution is 0.100. The number of primary amides is 1. The molecule has 2 aromatic rings. The normalized spacial score (nSPS) is 21.5. The molecule has 0 bridgehead atoms. The van der Waals surface area contributed by atoms with Crippen molar-refractivity contribution in [2.45, 2.75) is 31.3 Å². The van der Waals surface area contributed by atoms with Crippen LogP contribution in [0.15, 0.2) is 30.5 Å². The van der Waals surface area contributed by atoms with Crippen molar-refractivity contribution in [1.29, 1.82) is 5.26 Å². The molecule has 9 heteroatoms. The topological polar surface area (TPSA) is 118 Å². The number of hydrogen-bond donors (Lipinski definition) is 3. The molecule has 0 spiro atoms. The first-order valence-corrected chi connectivity index (χ1v) is 9.93. The number of ether oxygens (including phenoxy) is 1. The van der Waals surface area contributed by atoms with Gasteiger partial charge in [0.25, 0.3) is 5.91 Å². The number of halogens is 1. The number of methoxy groups -OCH3 is 1. The molecule has 1 heterocycles. The third-order valence-corrected chi connectivity index (χ3v) is 5.41. The fourth-order valence-electron chi connectivity index (χ4n) is 3.66. The van der Waals surface area contributed by atoms with E-state index in [9.17, 15) is 10.1 Å². The first-order chi connectivity index (χ1) is 14.0. The van der Waals surface area contributed by atoms with Crippen molar-refractivity contribution in [1.82, 2.24) is 15.1 Å². The molecule has 1 aromatic heterocycles. The Balaban J connectivity index is 1.77. The van der Waals surface area contributed by atoms with Crippen molar-refractivity contribution in [3.8, 4) is 6.07 Å². The Morgan fingerprint density at radius 2 is 2.17 bits per heavy atom. The highest BCUT2D eigenvalue weighted by Crippen LogP contribution is 2.35. The number of amides is 1. The third-order valence-electron chi connectivity index (χ3n) is 5.16. The molecule has 0 aliphatic heterocycles. The largest absolute Gasteiger partial charge is 0.383 e. The van der Waals surface area contributed by atoms with Crippen LogP contribution < -0.4 is 16.4 Å². The molecule has 3 atom stereocenters. The minimum absolute atomic E-state index is 0.112. The molecule has 154 valence electrons. The van der Waals surface area contributed by atoms with Gasteiger partial charge in [-0.15, -0.1) is 0 Å². The molecule has 3 rings (SSSR count). The molecule has 0 saturated heterocycles. The molecule has 0 radical (unpaired) electrons. The lowest BCUT2D eigenvalue weighted by Gasteiger charge is -2.33. The first kappa shape index (κ1) is 21.1. The van der Waals surface area contributed by atoms with Gasteiger partial charge in [0, 0.05) is 36.6 Å².